The highest BCUT2D eigenvalue weighted by Gasteiger charge is 2.06. The predicted octanol–water partition coefficient (Wildman–Crippen LogP) is 4.39. The number of rotatable bonds is 6. The molecule has 0 saturated heterocycles. The van der Waals surface area contributed by atoms with Crippen molar-refractivity contribution in [2.24, 2.45) is 0 Å². The fourth-order valence-electron chi connectivity index (χ4n) is 2.13. The van der Waals surface area contributed by atoms with E-state index < -0.39 is 0 Å². The van der Waals surface area contributed by atoms with E-state index in [0.717, 1.165) is 18.0 Å². The van der Waals surface area contributed by atoms with Gasteiger partial charge < -0.3 is 15.0 Å². The molecule has 0 bridgehead atoms. The molecule has 1 N–H and O–H groups in total. The van der Waals surface area contributed by atoms with Crippen molar-refractivity contribution in [2.75, 3.05) is 19.0 Å². The molecule has 120 valence electrons. The molecule has 0 aliphatic heterocycles. The Bertz CT molecular complexity index is 667. The molecule has 2 aromatic rings. The highest BCUT2D eigenvalue weighted by molar-refractivity contribution is 7.80. The van der Waals surface area contributed by atoms with Gasteiger partial charge in [0.05, 0.1) is 0 Å². The summed E-state index contributed by atoms with van der Waals surface area (Å²) in [5.41, 5.74) is 3.39. The number of hydrogen-bond donors (Lipinski definition) is 1. The van der Waals surface area contributed by atoms with Crippen LogP contribution in [0.1, 0.15) is 11.1 Å². The van der Waals surface area contributed by atoms with E-state index in [1.807, 2.05) is 48.3 Å². The first kappa shape index (κ1) is 17.0. The summed E-state index contributed by atoms with van der Waals surface area (Å²) in [6.07, 6.45) is 1.73. The first-order chi connectivity index (χ1) is 11.1. The molecule has 0 heterocycles. The van der Waals surface area contributed by atoms with E-state index in [2.05, 4.69) is 31.0 Å². The standard InChI is InChI=1S/C19H22N2OS/c1-4-12-22-18-10-8-16(9-11-18)14-21(3)19(23)20-17-7-5-6-15(2)13-17/h4-11,13H,1,12,14H2,2-3H3,(H,20,23). The molecule has 0 atom stereocenters. The predicted molar refractivity (Wildman–Crippen MR) is 101 cm³/mol. The van der Waals surface area contributed by atoms with Crippen LogP contribution in [0.15, 0.2) is 61.2 Å². The molecular weight excluding hydrogens is 304 g/mol. The molecule has 4 heteroatoms. The zero-order valence-corrected chi connectivity index (χ0v) is 14.4. The second-order valence-corrected chi connectivity index (χ2v) is 5.79. The van der Waals surface area contributed by atoms with E-state index in [4.69, 9.17) is 17.0 Å². The number of anilines is 1. The van der Waals surface area contributed by atoms with Crippen LogP contribution in [-0.2, 0) is 6.54 Å². The van der Waals surface area contributed by atoms with Crippen molar-refractivity contribution in [2.45, 2.75) is 13.5 Å². The Labute approximate surface area is 143 Å². The van der Waals surface area contributed by atoms with E-state index in [0.29, 0.717) is 11.7 Å². The van der Waals surface area contributed by atoms with Crippen LogP contribution in [0, 0.1) is 6.92 Å². The highest BCUT2D eigenvalue weighted by atomic mass is 32.1. The van der Waals surface area contributed by atoms with Crippen LogP contribution >= 0.6 is 12.2 Å². The summed E-state index contributed by atoms with van der Waals surface area (Å²) < 4.78 is 5.48. The topological polar surface area (TPSA) is 24.5 Å². The third kappa shape index (κ3) is 5.42. The van der Waals surface area contributed by atoms with E-state index in [1.165, 1.54) is 11.1 Å². The molecule has 0 amide bonds. The van der Waals surface area contributed by atoms with Crippen molar-refractivity contribution < 1.29 is 4.74 Å². The summed E-state index contributed by atoms with van der Waals surface area (Å²) in [5.74, 6) is 0.844. The van der Waals surface area contributed by atoms with Crippen LogP contribution < -0.4 is 10.1 Å². The van der Waals surface area contributed by atoms with Gasteiger partial charge in [-0.3, -0.25) is 0 Å². The third-order valence-electron chi connectivity index (χ3n) is 3.33. The highest BCUT2D eigenvalue weighted by Crippen LogP contribution is 2.15. The molecular formula is C19H22N2OS. The summed E-state index contributed by atoms with van der Waals surface area (Å²) in [7, 11) is 1.98. The second kappa shape index (κ2) is 8.34. The molecule has 0 aliphatic rings. The molecule has 3 nitrogen and oxygen atoms in total. The Morgan fingerprint density at radius 1 is 1.26 bits per heavy atom. The summed E-state index contributed by atoms with van der Waals surface area (Å²) in [6.45, 7) is 6.96. The van der Waals surface area contributed by atoms with E-state index in [-0.39, 0.29) is 0 Å². The number of nitrogens with one attached hydrogen (secondary N) is 1. The van der Waals surface area contributed by atoms with Gasteiger partial charge >= 0.3 is 0 Å². The monoisotopic (exact) mass is 326 g/mol. The number of thiocarbonyl (C=S) groups is 1. The van der Waals surface area contributed by atoms with E-state index in [1.54, 1.807) is 6.08 Å². The van der Waals surface area contributed by atoms with Gasteiger partial charge in [0.1, 0.15) is 12.4 Å². The van der Waals surface area contributed by atoms with Crippen LogP contribution in [-0.4, -0.2) is 23.7 Å². The Kier molecular flexibility index (Phi) is 6.18. The SMILES string of the molecule is C=CCOc1ccc(CN(C)C(=S)Nc2cccc(C)c2)cc1. The molecule has 0 fully saturated rings. The second-order valence-electron chi connectivity index (χ2n) is 5.40. The van der Waals surface area contributed by atoms with E-state index in [9.17, 15) is 0 Å². The smallest absolute Gasteiger partial charge is 0.173 e. The van der Waals surface area contributed by atoms with Gasteiger partial charge in [-0.1, -0.05) is 36.9 Å². The first-order valence-corrected chi connectivity index (χ1v) is 7.91. The maximum absolute atomic E-state index is 5.48. The van der Waals surface area contributed by atoms with Crippen molar-refractivity contribution in [3.63, 3.8) is 0 Å². The summed E-state index contributed by atoms with van der Waals surface area (Å²) in [4.78, 5) is 2.01. The van der Waals surface area contributed by atoms with Crippen molar-refractivity contribution in [3.8, 4) is 5.75 Å². The summed E-state index contributed by atoms with van der Waals surface area (Å²) in [6, 6.07) is 16.2. The molecule has 0 unspecified atom stereocenters. The maximum Gasteiger partial charge on any atom is 0.173 e. The average Bonchev–Trinajstić information content (AvgIpc) is 2.54. The van der Waals surface area contributed by atoms with Crippen LogP contribution in [0.4, 0.5) is 5.69 Å². The van der Waals surface area contributed by atoms with Gasteiger partial charge in [-0.15, -0.1) is 0 Å². The van der Waals surface area contributed by atoms with Crippen molar-refractivity contribution in [1.29, 1.82) is 0 Å². The molecule has 0 spiro atoms. The molecule has 0 saturated carbocycles. The molecule has 0 radical (unpaired) electrons. The number of hydrogen-bond acceptors (Lipinski definition) is 2. The number of benzene rings is 2. The lowest BCUT2D eigenvalue weighted by Crippen LogP contribution is -2.30. The van der Waals surface area contributed by atoms with Crippen molar-refractivity contribution in [3.05, 3.63) is 72.3 Å². The van der Waals surface area contributed by atoms with Gasteiger partial charge in [0, 0.05) is 19.3 Å². The minimum Gasteiger partial charge on any atom is -0.490 e. The van der Waals surface area contributed by atoms with Crippen molar-refractivity contribution >= 4 is 23.0 Å². The molecule has 2 aromatic carbocycles. The van der Waals surface area contributed by atoms with Gasteiger partial charge in [0.15, 0.2) is 5.11 Å². The number of nitrogens with zero attached hydrogens (tertiary/aromatic N) is 1. The van der Waals surface area contributed by atoms with Crippen LogP contribution in [0.2, 0.25) is 0 Å². The van der Waals surface area contributed by atoms with E-state index >= 15 is 0 Å². The van der Waals surface area contributed by atoms with Gasteiger partial charge in [-0.25, -0.2) is 0 Å². The van der Waals surface area contributed by atoms with Crippen LogP contribution in [0.5, 0.6) is 5.75 Å². The molecule has 23 heavy (non-hydrogen) atoms. The molecule has 0 aromatic heterocycles. The third-order valence-corrected chi connectivity index (χ3v) is 3.74. The first-order valence-electron chi connectivity index (χ1n) is 7.50. The Morgan fingerprint density at radius 3 is 2.65 bits per heavy atom. The lowest BCUT2D eigenvalue weighted by Gasteiger charge is -2.21. The lowest BCUT2D eigenvalue weighted by molar-refractivity contribution is 0.363. The Hall–Kier alpha value is -2.33. The van der Waals surface area contributed by atoms with Gasteiger partial charge in [-0.05, 0) is 54.5 Å². The minimum atomic E-state index is 0.518. The number of aryl methyl sites for hydroxylation is 1. The van der Waals surface area contributed by atoms with Gasteiger partial charge in [-0.2, -0.15) is 0 Å². The largest absolute Gasteiger partial charge is 0.490 e. The fraction of sp³-hybridized carbons (Fsp3) is 0.211. The van der Waals surface area contributed by atoms with Crippen molar-refractivity contribution in [1.82, 2.24) is 4.90 Å². The zero-order valence-electron chi connectivity index (χ0n) is 13.6. The summed E-state index contributed by atoms with van der Waals surface area (Å²) in [5, 5.41) is 3.96. The van der Waals surface area contributed by atoms with Gasteiger partial charge in [0.25, 0.3) is 0 Å². The molecule has 0 aliphatic carbocycles. The van der Waals surface area contributed by atoms with Crippen LogP contribution in [0.3, 0.4) is 0 Å². The minimum absolute atomic E-state index is 0.518. The fourth-order valence-corrected chi connectivity index (χ4v) is 2.32. The quantitative estimate of drug-likeness (QED) is 0.628. The normalized spacial score (nSPS) is 10.0. The Balaban J connectivity index is 1.91. The average molecular weight is 326 g/mol. The lowest BCUT2D eigenvalue weighted by atomic mass is 10.2. The zero-order chi connectivity index (χ0) is 16.7. The Morgan fingerprint density at radius 2 is 2.00 bits per heavy atom. The number of ether oxygens (including phenoxy) is 1. The van der Waals surface area contributed by atoms with Crippen LogP contribution in [0.25, 0.3) is 0 Å². The summed E-state index contributed by atoms with van der Waals surface area (Å²) >= 11 is 5.46. The van der Waals surface area contributed by atoms with Gasteiger partial charge in [0.2, 0.25) is 0 Å². The maximum atomic E-state index is 5.48. The molecule has 2 rings (SSSR count).